The van der Waals surface area contributed by atoms with E-state index in [4.69, 9.17) is 5.11 Å². The Morgan fingerprint density at radius 3 is 2.65 bits per heavy atom. The number of nitrogens with one attached hydrogen (secondary N) is 1. The maximum absolute atomic E-state index is 12.8. The van der Waals surface area contributed by atoms with E-state index in [9.17, 15) is 18.0 Å². The van der Waals surface area contributed by atoms with Gasteiger partial charge < -0.3 is 10.4 Å². The Bertz CT molecular complexity index is 477. The molecular weight excluding hydrogens is 339 g/mol. The lowest BCUT2D eigenvalue weighted by atomic mass is 10.1. The van der Waals surface area contributed by atoms with Gasteiger partial charge in [0.2, 0.25) is 0 Å². The van der Waals surface area contributed by atoms with Crippen molar-refractivity contribution < 1.29 is 23.1 Å². The number of carboxylic acids is 1. The number of aliphatic carboxylic acids is 1. The van der Waals surface area contributed by atoms with Crippen LogP contribution in [0.4, 0.5) is 18.9 Å². The number of hydrogen-bond acceptors (Lipinski definition) is 2. The maximum atomic E-state index is 12.8. The number of hydrogen-bond donors (Lipinski definition) is 2. The van der Waals surface area contributed by atoms with Crippen LogP contribution >= 0.6 is 15.9 Å². The molecule has 0 radical (unpaired) electrons. The quantitative estimate of drug-likeness (QED) is 0.746. The molecule has 0 aromatic heterocycles. The van der Waals surface area contributed by atoms with Crippen molar-refractivity contribution in [1.29, 1.82) is 0 Å². The van der Waals surface area contributed by atoms with Crippen LogP contribution in [-0.2, 0) is 11.0 Å². The summed E-state index contributed by atoms with van der Waals surface area (Å²) in [7, 11) is 0. The van der Waals surface area contributed by atoms with E-state index in [2.05, 4.69) is 21.2 Å². The Kier molecular flexibility index (Phi) is 5.86. The molecule has 1 unspecified atom stereocenters. The van der Waals surface area contributed by atoms with Crippen molar-refractivity contribution in [3.05, 3.63) is 28.2 Å². The molecule has 0 saturated carbocycles. The first-order valence-electron chi connectivity index (χ1n) is 6.05. The fourth-order valence-corrected chi connectivity index (χ4v) is 2.03. The number of rotatable bonds is 6. The van der Waals surface area contributed by atoms with Gasteiger partial charge in [-0.15, -0.1) is 0 Å². The third-order valence-electron chi connectivity index (χ3n) is 2.84. The predicted octanol–water partition coefficient (Wildman–Crippen LogP) is 4.38. The van der Waals surface area contributed by atoms with E-state index < -0.39 is 23.6 Å². The first kappa shape index (κ1) is 16.8. The average molecular weight is 354 g/mol. The normalized spacial score (nSPS) is 13.1. The molecule has 1 atom stereocenters. The highest BCUT2D eigenvalue weighted by Gasteiger charge is 2.33. The van der Waals surface area contributed by atoms with Gasteiger partial charge in [-0.05, 0) is 31.0 Å². The smallest absolute Gasteiger partial charge is 0.418 e. The molecule has 0 bridgehead atoms. The summed E-state index contributed by atoms with van der Waals surface area (Å²) in [5.41, 5.74) is -0.734. The van der Waals surface area contributed by atoms with E-state index in [0.717, 1.165) is 6.07 Å². The summed E-state index contributed by atoms with van der Waals surface area (Å²) in [5, 5.41) is 11.4. The second-order valence-electron chi connectivity index (χ2n) is 4.50. The van der Waals surface area contributed by atoms with Crippen molar-refractivity contribution in [3.63, 3.8) is 0 Å². The molecule has 0 heterocycles. The monoisotopic (exact) mass is 353 g/mol. The van der Waals surface area contributed by atoms with Crippen LogP contribution in [-0.4, -0.2) is 17.6 Å². The molecule has 0 aliphatic carbocycles. The second kappa shape index (κ2) is 6.97. The van der Waals surface area contributed by atoms with E-state index in [1.165, 1.54) is 12.1 Å². The lowest BCUT2D eigenvalue weighted by Crippen LogP contribution is -2.14. The van der Waals surface area contributed by atoms with E-state index >= 15 is 0 Å². The van der Waals surface area contributed by atoms with Crippen LogP contribution in [0.2, 0.25) is 0 Å². The lowest BCUT2D eigenvalue weighted by molar-refractivity contribution is -0.141. The Balaban J connectivity index is 2.63. The highest BCUT2D eigenvalue weighted by Crippen LogP contribution is 2.36. The van der Waals surface area contributed by atoms with Gasteiger partial charge >= 0.3 is 12.1 Å². The van der Waals surface area contributed by atoms with Crippen LogP contribution in [0.5, 0.6) is 0 Å². The van der Waals surface area contributed by atoms with Crippen LogP contribution in [0.3, 0.4) is 0 Å². The van der Waals surface area contributed by atoms with Gasteiger partial charge in [-0.1, -0.05) is 22.9 Å². The van der Waals surface area contributed by atoms with Crippen LogP contribution < -0.4 is 5.32 Å². The largest absolute Gasteiger partial charge is 0.481 e. The van der Waals surface area contributed by atoms with Gasteiger partial charge in [-0.3, -0.25) is 4.79 Å². The lowest BCUT2D eigenvalue weighted by Gasteiger charge is -2.15. The summed E-state index contributed by atoms with van der Waals surface area (Å²) >= 11 is 3.13. The van der Waals surface area contributed by atoms with Crippen LogP contribution in [0.15, 0.2) is 22.7 Å². The molecule has 0 aliphatic rings. The number of carboxylic acid groups (broad SMARTS) is 1. The second-order valence-corrected chi connectivity index (χ2v) is 5.41. The topological polar surface area (TPSA) is 49.3 Å². The van der Waals surface area contributed by atoms with Gasteiger partial charge in [-0.2, -0.15) is 13.2 Å². The van der Waals surface area contributed by atoms with Crippen molar-refractivity contribution in [3.8, 4) is 0 Å². The summed E-state index contributed by atoms with van der Waals surface area (Å²) in [5.74, 6) is -1.40. The third-order valence-corrected chi connectivity index (χ3v) is 3.33. The number of alkyl halides is 3. The zero-order chi connectivity index (χ0) is 15.3. The van der Waals surface area contributed by atoms with Crippen molar-refractivity contribution in [2.24, 2.45) is 5.92 Å². The maximum Gasteiger partial charge on any atom is 0.418 e. The standard InChI is InChI=1S/C13H15BrF3NO2/c1-8(12(19)20)3-2-6-18-11-7-9(14)4-5-10(11)13(15,16)17/h4-5,7-8,18H,2-3,6H2,1H3,(H,19,20). The zero-order valence-electron chi connectivity index (χ0n) is 10.8. The van der Waals surface area contributed by atoms with Gasteiger partial charge in [0, 0.05) is 16.7 Å². The molecule has 0 amide bonds. The molecule has 1 aromatic rings. The molecule has 3 nitrogen and oxygen atoms in total. The number of carbonyl (C=O) groups is 1. The fourth-order valence-electron chi connectivity index (χ4n) is 1.66. The number of halogens is 4. The van der Waals surface area contributed by atoms with Crippen LogP contribution in [0.25, 0.3) is 0 Å². The zero-order valence-corrected chi connectivity index (χ0v) is 12.4. The average Bonchev–Trinajstić information content (AvgIpc) is 2.32. The highest BCUT2D eigenvalue weighted by molar-refractivity contribution is 9.10. The van der Waals surface area contributed by atoms with Crippen LogP contribution in [0.1, 0.15) is 25.3 Å². The molecule has 0 fully saturated rings. The summed E-state index contributed by atoms with van der Waals surface area (Å²) in [6.45, 7) is 1.86. The Labute approximate surface area is 123 Å². The van der Waals surface area contributed by atoms with Gasteiger partial charge in [0.25, 0.3) is 0 Å². The Morgan fingerprint density at radius 2 is 2.10 bits per heavy atom. The molecule has 1 aromatic carbocycles. The molecule has 7 heteroatoms. The van der Waals surface area contributed by atoms with E-state index in [1.807, 2.05) is 0 Å². The first-order valence-corrected chi connectivity index (χ1v) is 6.84. The summed E-state index contributed by atoms with van der Waals surface area (Å²) in [6.07, 6.45) is -3.52. The molecular formula is C13H15BrF3NO2. The third kappa shape index (κ3) is 5.03. The minimum atomic E-state index is -4.42. The number of benzene rings is 1. The minimum absolute atomic E-state index is 0.00477. The number of anilines is 1. The highest BCUT2D eigenvalue weighted by atomic mass is 79.9. The van der Waals surface area contributed by atoms with Gasteiger partial charge in [0.05, 0.1) is 11.5 Å². The fraction of sp³-hybridized carbons (Fsp3) is 0.462. The van der Waals surface area contributed by atoms with Crippen molar-refractivity contribution in [2.45, 2.75) is 25.9 Å². The Morgan fingerprint density at radius 1 is 1.45 bits per heavy atom. The summed E-state index contributed by atoms with van der Waals surface area (Å²) in [6, 6.07) is 3.70. The van der Waals surface area contributed by atoms with E-state index in [0.29, 0.717) is 17.3 Å². The minimum Gasteiger partial charge on any atom is -0.481 e. The molecule has 1 rings (SSSR count). The molecule has 20 heavy (non-hydrogen) atoms. The SMILES string of the molecule is CC(CCCNc1cc(Br)ccc1C(F)(F)F)C(=O)O. The first-order chi connectivity index (χ1) is 9.21. The van der Waals surface area contributed by atoms with E-state index in [-0.39, 0.29) is 12.2 Å². The van der Waals surface area contributed by atoms with Crippen molar-refractivity contribution >= 4 is 27.6 Å². The van der Waals surface area contributed by atoms with Gasteiger partial charge in [-0.25, -0.2) is 0 Å². The molecule has 0 saturated heterocycles. The van der Waals surface area contributed by atoms with Gasteiger partial charge in [0.15, 0.2) is 0 Å². The molecule has 0 spiro atoms. The summed E-state index contributed by atoms with van der Waals surface area (Å²) < 4.78 is 38.9. The molecule has 112 valence electrons. The Hall–Kier alpha value is -1.24. The molecule has 2 N–H and O–H groups in total. The van der Waals surface area contributed by atoms with Gasteiger partial charge in [0.1, 0.15) is 0 Å². The predicted molar refractivity (Wildman–Crippen MR) is 73.7 cm³/mol. The van der Waals surface area contributed by atoms with Crippen molar-refractivity contribution in [2.75, 3.05) is 11.9 Å². The van der Waals surface area contributed by atoms with Crippen molar-refractivity contribution in [1.82, 2.24) is 0 Å². The molecule has 0 aliphatic heterocycles. The summed E-state index contributed by atoms with van der Waals surface area (Å²) in [4.78, 5) is 10.6. The van der Waals surface area contributed by atoms with E-state index in [1.54, 1.807) is 6.92 Å². The van der Waals surface area contributed by atoms with Crippen LogP contribution in [0, 0.1) is 5.92 Å².